The molecule has 0 unspecified atom stereocenters. The first-order valence-electron chi connectivity index (χ1n) is 4.73. The van der Waals surface area contributed by atoms with Crippen LogP contribution in [0, 0.1) is 11.6 Å². The van der Waals surface area contributed by atoms with Crippen LogP contribution in [0.3, 0.4) is 0 Å². The van der Waals surface area contributed by atoms with Crippen molar-refractivity contribution in [3.63, 3.8) is 0 Å². The Bertz CT molecular complexity index is 582. The van der Waals surface area contributed by atoms with Gasteiger partial charge in [0.25, 0.3) is 5.91 Å². The highest BCUT2D eigenvalue weighted by Gasteiger charge is 2.17. The van der Waals surface area contributed by atoms with E-state index in [1.807, 2.05) is 0 Å². The topological polar surface area (TPSA) is 29.5 Å². The molecular weight excluding hydrogens is 248 g/mol. The van der Waals surface area contributed by atoms with E-state index in [9.17, 15) is 13.6 Å². The summed E-state index contributed by atoms with van der Waals surface area (Å²) >= 11 is 0.972. The van der Waals surface area contributed by atoms with Crippen molar-refractivity contribution in [1.82, 2.24) is 5.06 Å². The van der Waals surface area contributed by atoms with Gasteiger partial charge in [0.05, 0.1) is 16.7 Å². The van der Waals surface area contributed by atoms with Gasteiger partial charge in [0, 0.05) is 13.1 Å². The van der Waals surface area contributed by atoms with E-state index in [0.29, 0.717) is 10.3 Å². The second-order valence-corrected chi connectivity index (χ2v) is 4.45. The average molecular weight is 257 g/mol. The molecule has 0 bridgehead atoms. The number of rotatable bonds is 2. The standard InChI is InChI=1S/C11H9F2NO2S/c1-14(16-2)11(15)9-4-6-3-7(12)5-8(13)10(6)17-9/h3-5H,1-2H3. The minimum Gasteiger partial charge on any atom is -0.274 e. The first kappa shape index (κ1) is 11.9. The lowest BCUT2D eigenvalue weighted by atomic mass is 10.2. The van der Waals surface area contributed by atoms with Crippen molar-refractivity contribution in [3.05, 3.63) is 34.7 Å². The minimum absolute atomic E-state index is 0.263. The van der Waals surface area contributed by atoms with Gasteiger partial charge in [0.1, 0.15) is 11.6 Å². The van der Waals surface area contributed by atoms with E-state index in [1.165, 1.54) is 26.3 Å². The molecule has 0 atom stereocenters. The number of carbonyl (C=O) groups is 1. The van der Waals surface area contributed by atoms with Gasteiger partial charge in [0.2, 0.25) is 0 Å². The Balaban J connectivity index is 2.52. The highest BCUT2D eigenvalue weighted by Crippen LogP contribution is 2.29. The van der Waals surface area contributed by atoms with Crippen LogP contribution in [0.4, 0.5) is 8.78 Å². The minimum atomic E-state index is -0.663. The Morgan fingerprint density at radius 3 is 2.71 bits per heavy atom. The van der Waals surface area contributed by atoms with Gasteiger partial charge in [-0.25, -0.2) is 13.8 Å². The predicted molar refractivity (Wildman–Crippen MR) is 60.8 cm³/mol. The molecule has 0 aliphatic carbocycles. The average Bonchev–Trinajstić information content (AvgIpc) is 2.70. The van der Waals surface area contributed by atoms with Crippen LogP contribution in [0.15, 0.2) is 18.2 Å². The maximum atomic E-state index is 13.4. The summed E-state index contributed by atoms with van der Waals surface area (Å²) in [7, 11) is 2.80. The third-order valence-corrected chi connectivity index (χ3v) is 3.45. The van der Waals surface area contributed by atoms with Crippen molar-refractivity contribution in [2.45, 2.75) is 0 Å². The Morgan fingerprint density at radius 2 is 2.06 bits per heavy atom. The maximum Gasteiger partial charge on any atom is 0.287 e. The molecule has 90 valence electrons. The van der Waals surface area contributed by atoms with Gasteiger partial charge in [0.15, 0.2) is 0 Å². The van der Waals surface area contributed by atoms with Crippen molar-refractivity contribution in [3.8, 4) is 0 Å². The molecule has 0 fully saturated rings. The lowest BCUT2D eigenvalue weighted by molar-refractivity contribution is -0.0753. The van der Waals surface area contributed by atoms with Crippen LogP contribution in [0.2, 0.25) is 0 Å². The van der Waals surface area contributed by atoms with Crippen molar-refractivity contribution in [2.75, 3.05) is 14.2 Å². The molecule has 2 rings (SSSR count). The molecule has 3 nitrogen and oxygen atoms in total. The summed E-state index contributed by atoms with van der Waals surface area (Å²) in [6.07, 6.45) is 0. The zero-order chi connectivity index (χ0) is 12.6. The summed E-state index contributed by atoms with van der Waals surface area (Å²) < 4.78 is 26.7. The van der Waals surface area contributed by atoms with E-state index in [1.54, 1.807) is 0 Å². The van der Waals surface area contributed by atoms with Crippen LogP contribution < -0.4 is 0 Å². The third-order valence-electron chi connectivity index (χ3n) is 2.31. The quantitative estimate of drug-likeness (QED) is 0.774. The second-order valence-electron chi connectivity index (χ2n) is 3.40. The Labute approximate surface area is 100 Å². The van der Waals surface area contributed by atoms with Gasteiger partial charge < -0.3 is 0 Å². The molecule has 1 heterocycles. The molecule has 0 saturated carbocycles. The normalized spacial score (nSPS) is 10.8. The number of fused-ring (bicyclic) bond motifs is 1. The number of hydroxylamine groups is 2. The summed E-state index contributed by atoms with van der Waals surface area (Å²) in [6, 6.07) is 3.44. The summed E-state index contributed by atoms with van der Waals surface area (Å²) in [5.41, 5.74) is 0. The Hall–Kier alpha value is -1.53. The Morgan fingerprint density at radius 1 is 1.35 bits per heavy atom. The number of thiophene rings is 1. The number of hydrogen-bond acceptors (Lipinski definition) is 3. The van der Waals surface area contributed by atoms with Gasteiger partial charge >= 0.3 is 0 Å². The van der Waals surface area contributed by atoms with Gasteiger partial charge in [-0.1, -0.05) is 0 Å². The van der Waals surface area contributed by atoms with Crippen molar-refractivity contribution >= 4 is 27.3 Å². The molecule has 0 N–H and O–H groups in total. The predicted octanol–water partition coefficient (Wildman–Crippen LogP) is 2.81. The lowest BCUT2D eigenvalue weighted by Crippen LogP contribution is -2.24. The smallest absolute Gasteiger partial charge is 0.274 e. The van der Waals surface area contributed by atoms with Crippen LogP contribution in [-0.2, 0) is 4.84 Å². The molecule has 2 aromatic rings. The largest absolute Gasteiger partial charge is 0.287 e. The van der Waals surface area contributed by atoms with E-state index >= 15 is 0 Å². The molecule has 1 amide bonds. The van der Waals surface area contributed by atoms with Gasteiger partial charge in [-0.15, -0.1) is 11.3 Å². The number of hydrogen-bond donors (Lipinski definition) is 0. The monoisotopic (exact) mass is 257 g/mol. The fourth-order valence-corrected chi connectivity index (χ4v) is 2.43. The highest BCUT2D eigenvalue weighted by molar-refractivity contribution is 7.20. The number of amides is 1. The molecule has 6 heteroatoms. The van der Waals surface area contributed by atoms with Crippen LogP contribution >= 0.6 is 11.3 Å². The van der Waals surface area contributed by atoms with E-state index in [0.717, 1.165) is 22.5 Å². The van der Waals surface area contributed by atoms with Crippen LogP contribution in [0.1, 0.15) is 9.67 Å². The second kappa shape index (κ2) is 4.38. The van der Waals surface area contributed by atoms with Crippen molar-refractivity contribution < 1.29 is 18.4 Å². The highest BCUT2D eigenvalue weighted by atomic mass is 32.1. The fourth-order valence-electron chi connectivity index (χ4n) is 1.42. The zero-order valence-corrected chi connectivity index (χ0v) is 9.98. The Kier molecular flexibility index (Phi) is 3.08. The summed E-state index contributed by atoms with van der Waals surface area (Å²) in [5.74, 6) is -1.72. The number of halogens is 2. The van der Waals surface area contributed by atoms with Gasteiger partial charge in [-0.05, 0) is 17.5 Å². The molecule has 17 heavy (non-hydrogen) atoms. The van der Waals surface area contributed by atoms with E-state index < -0.39 is 17.5 Å². The third kappa shape index (κ3) is 2.13. The van der Waals surface area contributed by atoms with Gasteiger partial charge in [-0.2, -0.15) is 0 Å². The number of nitrogens with zero attached hydrogens (tertiary/aromatic N) is 1. The first-order chi connectivity index (χ1) is 8.02. The summed E-state index contributed by atoms with van der Waals surface area (Å²) in [5, 5.41) is 1.40. The van der Waals surface area contributed by atoms with E-state index in [-0.39, 0.29) is 4.70 Å². The maximum absolute atomic E-state index is 13.4. The van der Waals surface area contributed by atoms with Gasteiger partial charge in [-0.3, -0.25) is 9.63 Å². The number of benzene rings is 1. The van der Waals surface area contributed by atoms with Crippen LogP contribution in [0.25, 0.3) is 10.1 Å². The van der Waals surface area contributed by atoms with Crippen molar-refractivity contribution in [1.29, 1.82) is 0 Å². The first-order valence-corrected chi connectivity index (χ1v) is 5.55. The molecule has 0 aliphatic rings. The van der Waals surface area contributed by atoms with Crippen LogP contribution in [0.5, 0.6) is 0 Å². The molecular formula is C11H9F2NO2S. The SMILES string of the molecule is CON(C)C(=O)c1cc2cc(F)cc(F)c2s1. The molecule has 0 saturated heterocycles. The van der Waals surface area contributed by atoms with E-state index in [2.05, 4.69) is 0 Å². The zero-order valence-electron chi connectivity index (χ0n) is 9.16. The molecule has 0 aliphatic heterocycles. The lowest BCUT2D eigenvalue weighted by Gasteiger charge is -2.11. The van der Waals surface area contributed by atoms with E-state index in [4.69, 9.17) is 4.84 Å². The molecule has 0 spiro atoms. The molecule has 0 radical (unpaired) electrons. The summed E-state index contributed by atoms with van der Waals surface area (Å²) in [4.78, 5) is 16.8. The summed E-state index contributed by atoms with van der Waals surface area (Å²) in [6.45, 7) is 0. The fraction of sp³-hybridized carbons (Fsp3) is 0.182. The van der Waals surface area contributed by atoms with Crippen LogP contribution in [-0.4, -0.2) is 25.1 Å². The molecule has 1 aromatic carbocycles. The number of carbonyl (C=O) groups excluding carboxylic acids is 1. The molecule has 1 aromatic heterocycles. The van der Waals surface area contributed by atoms with Crippen molar-refractivity contribution in [2.24, 2.45) is 0 Å².